The Hall–Kier alpha value is -0.910. The second kappa shape index (κ2) is 7.57. The predicted molar refractivity (Wildman–Crippen MR) is 88.7 cm³/mol. The van der Waals surface area contributed by atoms with Gasteiger partial charge in [0.05, 0.1) is 31.2 Å². The Labute approximate surface area is 136 Å². The van der Waals surface area contributed by atoms with Crippen LogP contribution in [0.5, 0.6) is 0 Å². The first kappa shape index (κ1) is 16.0. The maximum atomic E-state index is 5.61. The first-order valence-electron chi connectivity index (χ1n) is 8.25. The van der Waals surface area contributed by atoms with Crippen LogP contribution in [0.2, 0.25) is 0 Å². The molecule has 0 spiro atoms. The van der Waals surface area contributed by atoms with E-state index in [4.69, 9.17) is 19.2 Å². The number of thiophene rings is 1. The van der Waals surface area contributed by atoms with Gasteiger partial charge in [-0.2, -0.15) is 0 Å². The van der Waals surface area contributed by atoms with E-state index in [1.54, 1.807) is 7.11 Å². The SMILES string of the molecule is CCCC1N=C(OC)CCCC1c1ccc(C2OCCO2)s1. The fourth-order valence-electron chi connectivity index (χ4n) is 3.27. The molecule has 3 rings (SSSR count). The second-order valence-electron chi connectivity index (χ2n) is 5.90. The Morgan fingerprint density at radius 3 is 2.77 bits per heavy atom. The zero-order valence-corrected chi connectivity index (χ0v) is 14.2. The van der Waals surface area contributed by atoms with Gasteiger partial charge in [0.25, 0.3) is 0 Å². The molecule has 1 aromatic rings. The van der Waals surface area contributed by atoms with Crippen molar-refractivity contribution in [1.29, 1.82) is 0 Å². The van der Waals surface area contributed by atoms with Gasteiger partial charge >= 0.3 is 0 Å². The molecule has 4 nitrogen and oxygen atoms in total. The van der Waals surface area contributed by atoms with Gasteiger partial charge in [-0.1, -0.05) is 13.3 Å². The van der Waals surface area contributed by atoms with Crippen molar-refractivity contribution < 1.29 is 14.2 Å². The third-order valence-electron chi connectivity index (χ3n) is 4.37. The Bertz CT molecular complexity index is 508. The van der Waals surface area contributed by atoms with Crippen molar-refractivity contribution in [2.75, 3.05) is 20.3 Å². The van der Waals surface area contributed by atoms with E-state index in [-0.39, 0.29) is 6.29 Å². The molecule has 2 aliphatic rings. The van der Waals surface area contributed by atoms with Gasteiger partial charge in [0, 0.05) is 17.2 Å². The van der Waals surface area contributed by atoms with Gasteiger partial charge < -0.3 is 14.2 Å². The van der Waals surface area contributed by atoms with Crippen molar-refractivity contribution in [3.8, 4) is 0 Å². The maximum absolute atomic E-state index is 5.61. The minimum atomic E-state index is -0.160. The summed E-state index contributed by atoms with van der Waals surface area (Å²) >= 11 is 1.82. The van der Waals surface area contributed by atoms with Crippen LogP contribution in [0.4, 0.5) is 0 Å². The summed E-state index contributed by atoms with van der Waals surface area (Å²) in [6.07, 6.45) is 5.37. The topological polar surface area (TPSA) is 40.0 Å². The third kappa shape index (κ3) is 3.53. The third-order valence-corrected chi connectivity index (χ3v) is 5.61. The van der Waals surface area contributed by atoms with Crippen LogP contribution in [0.15, 0.2) is 17.1 Å². The Morgan fingerprint density at radius 2 is 2.05 bits per heavy atom. The van der Waals surface area contributed by atoms with Gasteiger partial charge in [0.2, 0.25) is 0 Å². The van der Waals surface area contributed by atoms with E-state index in [2.05, 4.69) is 19.1 Å². The fraction of sp³-hybridized carbons (Fsp3) is 0.706. The molecule has 2 unspecified atom stereocenters. The molecule has 1 saturated heterocycles. The molecule has 0 saturated carbocycles. The summed E-state index contributed by atoms with van der Waals surface area (Å²) in [6, 6.07) is 4.73. The minimum Gasteiger partial charge on any atom is -0.484 e. The summed E-state index contributed by atoms with van der Waals surface area (Å²) in [6.45, 7) is 3.62. The monoisotopic (exact) mass is 323 g/mol. The molecule has 1 aromatic heterocycles. The average Bonchev–Trinajstić information content (AvgIpc) is 3.17. The zero-order valence-electron chi connectivity index (χ0n) is 13.4. The number of hydrogen-bond acceptors (Lipinski definition) is 5. The first-order valence-corrected chi connectivity index (χ1v) is 9.07. The van der Waals surface area contributed by atoms with Gasteiger partial charge in [-0.05, 0) is 31.4 Å². The molecule has 0 N–H and O–H groups in total. The van der Waals surface area contributed by atoms with E-state index in [1.807, 2.05) is 11.3 Å². The average molecular weight is 323 g/mol. The molecule has 122 valence electrons. The van der Waals surface area contributed by atoms with Crippen LogP contribution < -0.4 is 0 Å². The first-order chi connectivity index (χ1) is 10.8. The van der Waals surface area contributed by atoms with Crippen LogP contribution >= 0.6 is 11.3 Å². The molecule has 2 aliphatic heterocycles. The van der Waals surface area contributed by atoms with Crippen LogP contribution in [0.3, 0.4) is 0 Å². The van der Waals surface area contributed by atoms with E-state index < -0.39 is 0 Å². The van der Waals surface area contributed by atoms with Gasteiger partial charge in [-0.3, -0.25) is 4.99 Å². The summed E-state index contributed by atoms with van der Waals surface area (Å²) in [5.74, 6) is 1.41. The summed E-state index contributed by atoms with van der Waals surface area (Å²) in [7, 11) is 1.74. The predicted octanol–water partition coefficient (Wildman–Crippen LogP) is 4.27. The van der Waals surface area contributed by atoms with Crippen LogP contribution in [0, 0.1) is 0 Å². The van der Waals surface area contributed by atoms with E-state index in [0.717, 1.165) is 31.6 Å². The lowest BCUT2D eigenvalue weighted by atomic mass is 9.91. The fourth-order valence-corrected chi connectivity index (χ4v) is 4.47. The normalized spacial score (nSPS) is 26.7. The Balaban J connectivity index is 1.79. The largest absolute Gasteiger partial charge is 0.484 e. The molecule has 3 heterocycles. The minimum absolute atomic E-state index is 0.160. The smallest absolute Gasteiger partial charge is 0.193 e. The maximum Gasteiger partial charge on any atom is 0.193 e. The van der Waals surface area contributed by atoms with Crippen molar-refractivity contribution in [3.05, 3.63) is 21.9 Å². The van der Waals surface area contributed by atoms with Crippen LogP contribution in [-0.4, -0.2) is 32.3 Å². The van der Waals surface area contributed by atoms with Crippen molar-refractivity contribution in [1.82, 2.24) is 0 Å². The molecule has 0 amide bonds. The van der Waals surface area contributed by atoms with Crippen molar-refractivity contribution >= 4 is 17.2 Å². The molecule has 0 aliphatic carbocycles. The molecule has 22 heavy (non-hydrogen) atoms. The molecular formula is C17H25NO3S. The standard InChI is InChI=1S/C17H25NO3S/c1-3-5-13-12(6-4-7-16(18-13)19-2)14-8-9-15(22-14)17-20-10-11-21-17/h8-9,12-13,17H,3-7,10-11H2,1-2H3. The number of ether oxygens (including phenoxy) is 3. The quantitative estimate of drug-likeness (QED) is 0.830. The summed E-state index contributed by atoms with van der Waals surface area (Å²) < 4.78 is 16.7. The Kier molecular flexibility index (Phi) is 5.50. The molecule has 0 radical (unpaired) electrons. The Morgan fingerprint density at radius 1 is 1.27 bits per heavy atom. The molecule has 5 heteroatoms. The number of aliphatic imine (C=N–C) groups is 1. The van der Waals surface area contributed by atoms with Crippen LogP contribution in [0.1, 0.15) is 61.0 Å². The van der Waals surface area contributed by atoms with Crippen molar-refractivity contribution in [2.45, 2.75) is 57.3 Å². The van der Waals surface area contributed by atoms with Gasteiger partial charge in [0.1, 0.15) is 0 Å². The van der Waals surface area contributed by atoms with E-state index in [9.17, 15) is 0 Å². The molecule has 0 aromatic carbocycles. The number of methoxy groups -OCH3 is 1. The summed E-state index contributed by atoms with van der Waals surface area (Å²) in [5.41, 5.74) is 0. The highest BCUT2D eigenvalue weighted by atomic mass is 32.1. The molecule has 0 bridgehead atoms. The molecule has 1 fully saturated rings. The van der Waals surface area contributed by atoms with E-state index in [0.29, 0.717) is 25.2 Å². The molecule has 2 atom stereocenters. The van der Waals surface area contributed by atoms with Crippen LogP contribution in [0.25, 0.3) is 0 Å². The van der Waals surface area contributed by atoms with E-state index in [1.165, 1.54) is 16.2 Å². The lowest BCUT2D eigenvalue weighted by Crippen LogP contribution is -2.16. The second-order valence-corrected chi connectivity index (χ2v) is 7.04. The highest BCUT2D eigenvalue weighted by Crippen LogP contribution is 2.39. The lowest BCUT2D eigenvalue weighted by Gasteiger charge is -2.21. The summed E-state index contributed by atoms with van der Waals surface area (Å²) in [4.78, 5) is 7.48. The van der Waals surface area contributed by atoms with Crippen molar-refractivity contribution in [3.63, 3.8) is 0 Å². The highest BCUT2D eigenvalue weighted by Gasteiger charge is 2.28. The van der Waals surface area contributed by atoms with Gasteiger partial charge in [0.15, 0.2) is 12.2 Å². The van der Waals surface area contributed by atoms with E-state index >= 15 is 0 Å². The lowest BCUT2D eigenvalue weighted by molar-refractivity contribution is -0.0413. The number of hydrogen-bond donors (Lipinski definition) is 0. The van der Waals surface area contributed by atoms with Crippen LogP contribution in [-0.2, 0) is 14.2 Å². The number of nitrogens with zero attached hydrogens (tertiary/aromatic N) is 1. The van der Waals surface area contributed by atoms with Gasteiger partial charge in [-0.25, -0.2) is 0 Å². The summed E-state index contributed by atoms with van der Waals surface area (Å²) in [5, 5.41) is 0. The molecular weight excluding hydrogens is 298 g/mol. The number of rotatable bonds is 4. The van der Waals surface area contributed by atoms with Crippen molar-refractivity contribution in [2.24, 2.45) is 4.99 Å². The van der Waals surface area contributed by atoms with Gasteiger partial charge in [-0.15, -0.1) is 11.3 Å². The zero-order chi connectivity index (χ0) is 15.4. The highest BCUT2D eigenvalue weighted by molar-refractivity contribution is 7.12.